The lowest BCUT2D eigenvalue weighted by Crippen LogP contribution is -2.49. The summed E-state index contributed by atoms with van der Waals surface area (Å²) in [5.41, 5.74) is -1.25. The minimum atomic E-state index is -5.30. The third-order valence-corrected chi connectivity index (χ3v) is 13.9. The highest BCUT2D eigenvalue weighted by Crippen LogP contribution is 2.45. The van der Waals surface area contributed by atoms with Crippen molar-refractivity contribution in [1.82, 2.24) is 25.4 Å². The van der Waals surface area contributed by atoms with Crippen LogP contribution in [0, 0.1) is 29.4 Å². The lowest BCUT2D eigenvalue weighted by Gasteiger charge is -2.23. The SMILES string of the molecule is C[C@H]1CC(F)(F)C(=NCC(=O)NC(Cc2cc(F)cc(F)c2)c2nc(C#CC(C)(C)S(C)=O)ccc2-c2ccc(Cl)c3c(N(C(=O)NC(COC=O)COC(=O)C(=O)O)S(C)=O)nn(CC(F)(F)F)c23)/C1=C(\N)C(F)(F)F. The van der Waals surface area contributed by atoms with Crippen LogP contribution in [0.4, 0.5) is 54.5 Å². The summed E-state index contributed by atoms with van der Waals surface area (Å²) in [5, 5.41) is 16.5. The van der Waals surface area contributed by atoms with Crippen LogP contribution in [0.1, 0.15) is 50.2 Å². The first kappa shape index (κ1) is 60.7. The molecule has 0 spiro atoms. The van der Waals surface area contributed by atoms with E-state index in [4.69, 9.17) is 22.4 Å². The topological polar surface area (TPSA) is 255 Å². The van der Waals surface area contributed by atoms with E-state index in [0.717, 1.165) is 37.4 Å². The molecule has 1 aliphatic carbocycles. The highest BCUT2D eigenvalue weighted by atomic mass is 35.5. The molecule has 18 nitrogen and oxygen atoms in total. The number of aliphatic imine (C=N–C) groups is 1. The zero-order chi connectivity index (χ0) is 57.7. The molecule has 77 heavy (non-hydrogen) atoms. The van der Waals surface area contributed by atoms with Crippen LogP contribution in [0.25, 0.3) is 22.0 Å². The van der Waals surface area contributed by atoms with Gasteiger partial charge in [-0.2, -0.15) is 44.5 Å². The molecule has 5 rings (SSSR count). The van der Waals surface area contributed by atoms with Gasteiger partial charge in [0.15, 0.2) is 5.82 Å². The molecule has 2 aromatic heterocycles. The number of hydrogen-bond acceptors (Lipinski definition) is 13. The number of nitrogens with zero attached hydrogens (tertiary/aromatic N) is 5. The van der Waals surface area contributed by atoms with Crippen LogP contribution in [0.5, 0.6) is 0 Å². The third-order valence-electron chi connectivity index (χ3n) is 11.2. The number of aromatic nitrogens is 3. The van der Waals surface area contributed by atoms with Crippen LogP contribution in [0.15, 0.2) is 58.7 Å². The van der Waals surface area contributed by atoms with E-state index in [2.05, 4.69) is 47.0 Å². The van der Waals surface area contributed by atoms with Crippen LogP contribution < -0.4 is 20.7 Å². The largest absolute Gasteiger partial charge is 0.473 e. The molecule has 4 aromatic rings. The molecule has 0 radical (unpaired) electrons. The monoisotopic (exact) mass is 1160 g/mol. The van der Waals surface area contributed by atoms with E-state index >= 15 is 8.78 Å². The van der Waals surface area contributed by atoms with E-state index in [-0.39, 0.29) is 37.8 Å². The molecule has 1 fully saturated rings. The molecule has 31 heteroatoms. The predicted octanol–water partition coefficient (Wildman–Crippen LogP) is 6.37. The Bertz CT molecular complexity index is 3160. The average Bonchev–Trinajstić information content (AvgIpc) is 3.78. The first-order valence-corrected chi connectivity index (χ1v) is 25.4. The van der Waals surface area contributed by atoms with Crippen molar-refractivity contribution < 1.29 is 90.9 Å². The van der Waals surface area contributed by atoms with Gasteiger partial charge in [0.2, 0.25) is 5.91 Å². The number of ether oxygens (including phenoxy) is 2. The highest BCUT2D eigenvalue weighted by Gasteiger charge is 2.52. The summed E-state index contributed by atoms with van der Waals surface area (Å²) in [6.45, 7) is -1.21. The number of rotatable bonds is 17. The van der Waals surface area contributed by atoms with E-state index in [1.807, 2.05) is 0 Å². The fourth-order valence-corrected chi connectivity index (χ4v) is 8.74. The maximum Gasteiger partial charge on any atom is 0.431 e. The van der Waals surface area contributed by atoms with Crippen molar-refractivity contribution in [2.24, 2.45) is 16.6 Å². The van der Waals surface area contributed by atoms with Crippen molar-refractivity contribution in [3.63, 3.8) is 0 Å². The van der Waals surface area contributed by atoms with E-state index in [9.17, 15) is 67.5 Å². The van der Waals surface area contributed by atoms with Gasteiger partial charge in [-0.25, -0.2) is 32.4 Å². The molecule has 3 amide bonds. The van der Waals surface area contributed by atoms with Crippen molar-refractivity contribution in [1.29, 1.82) is 0 Å². The maximum atomic E-state index is 15.3. The second-order valence-electron chi connectivity index (χ2n) is 17.4. The van der Waals surface area contributed by atoms with Crippen molar-refractivity contribution >= 4 is 86.2 Å². The number of carbonyl (C=O) groups excluding carboxylic acids is 4. The number of amides is 3. The van der Waals surface area contributed by atoms with E-state index in [0.29, 0.717) is 6.07 Å². The summed E-state index contributed by atoms with van der Waals surface area (Å²) in [6, 6.07) is 1.84. The predicted molar refractivity (Wildman–Crippen MR) is 258 cm³/mol. The number of nitrogens with one attached hydrogen (secondary N) is 2. The van der Waals surface area contributed by atoms with Gasteiger partial charge >= 0.3 is 30.3 Å². The number of aliphatic carboxylic acids is 1. The van der Waals surface area contributed by atoms with Gasteiger partial charge in [-0.05, 0) is 68.0 Å². The molecule has 5 atom stereocenters. The van der Waals surface area contributed by atoms with Crippen LogP contribution >= 0.6 is 11.6 Å². The Morgan fingerprint density at radius 1 is 1.03 bits per heavy atom. The number of carbonyl (C=O) groups is 5. The Labute approximate surface area is 439 Å². The minimum Gasteiger partial charge on any atom is -0.473 e. The van der Waals surface area contributed by atoms with Gasteiger partial charge in [-0.1, -0.05) is 30.5 Å². The summed E-state index contributed by atoms with van der Waals surface area (Å²) < 4.78 is 180. The number of esters is 1. The van der Waals surface area contributed by atoms with Crippen molar-refractivity contribution in [2.75, 3.05) is 36.6 Å². The smallest absolute Gasteiger partial charge is 0.431 e. The van der Waals surface area contributed by atoms with Crippen molar-refractivity contribution in [3.05, 3.63) is 87.3 Å². The normalized spacial score (nSPS) is 17.4. The standard InChI is InChI=1S/C46H43ClF10N8O10S2/c1-22-16-44(50,51)38(33(22)37(58)46(55,56)57)59-17-32(67)62-31(14-23-12-24(48)15-25(49)13-23)35-28(7-6-26(60-35)10-11-43(2,3)76(4)72)29-8-9-30(47)34-36(29)64(20-45(52,53)54)63-39(34)65(77(5)73)42(71)61-27(18-74-21-66)19-75-41(70)40(68)69/h6-9,12-13,15,21-22,27,31H,14,16-20,58H2,1-5H3,(H,61,71)(H,62,67)(H,68,69)/b37-33-,59-38?/t22-,27?,31?,76?,77?/m0/s1. The van der Waals surface area contributed by atoms with Gasteiger partial charge < -0.3 is 30.9 Å². The van der Waals surface area contributed by atoms with Gasteiger partial charge in [-0.15, -0.1) is 0 Å². The van der Waals surface area contributed by atoms with Crippen molar-refractivity contribution in [2.45, 2.75) is 75.3 Å². The molecule has 0 saturated heterocycles. The van der Waals surface area contributed by atoms with Crippen LogP contribution in [-0.2, 0) is 63.4 Å². The van der Waals surface area contributed by atoms with Gasteiger partial charge in [0.25, 0.3) is 12.4 Å². The minimum absolute atomic E-state index is 0.109. The average molecular weight is 1160 g/mol. The number of hydrogen-bond donors (Lipinski definition) is 4. The number of nitrogens with two attached hydrogens (primary N) is 1. The van der Waals surface area contributed by atoms with E-state index in [1.54, 1.807) is 0 Å². The lowest BCUT2D eigenvalue weighted by atomic mass is 9.93. The number of anilines is 1. The summed E-state index contributed by atoms with van der Waals surface area (Å²) in [6.07, 6.45) is -10.1. The number of fused-ring (bicyclic) bond motifs is 1. The van der Waals surface area contributed by atoms with Crippen molar-refractivity contribution in [3.8, 4) is 23.0 Å². The van der Waals surface area contributed by atoms with Gasteiger partial charge in [0, 0.05) is 52.5 Å². The van der Waals surface area contributed by atoms with Crippen LogP contribution in [0.3, 0.4) is 0 Å². The fourth-order valence-electron chi connectivity index (χ4n) is 7.65. The number of urea groups is 1. The summed E-state index contributed by atoms with van der Waals surface area (Å²) in [7, 11) is -4.23. The molecular formula is C46H43ClF10N8O10S2. The molecule has 0 aliphatic heterocycles. The van der Waals surface area contributed by atoms with E-state index in [1.165, 1.54) is 32.2 Å². The number of halogens is 11. The Hall–Kier alpha value is -7.13. The number of benzene rings is 2. The zero-order valence-corrected chi connectivity index (χ0v) is 42.9. The third kappa shape index (κ3) is 15.1. The van der Waals surface area contributed by atoms with Crippen LogP contribution in [0.2, 0.25) is 5.02 Å². The number of carboxylic acid groups (broad SMARTS) is 1. The van der Waals surface area contributed by atoms with Crippen LogP contribution in [-0.4, -0.2) is 126 Å². The molecule has 5 N–H and O–H groups in total. The summed E-state index contributed by atoms with van der Waals surface area (Å²) in [5.74, 6) is -8.42. The zero-order valence-electron chi connectivity index (χ0n) is 40.5. The van der Waals surface area contributed by atoms with Gasteiger partial charge in [0.05, 0.1) is 33.7 Å². The molecule has 1 saturated carbocycles. The fraction of sp³-hybridized carbons (Fsp3) is 0.391. The maximum absolute atomic E-state index is 15.3. The summed E-state index contributed by atoms with van der Waals surface area (Å²) in [4.78, 5) is 69.8. The summed E-state index contributed by atoms with van der Waals surface area (Å²) >= 11 is 6.67. The molecule has 1 aliphatic rings. The van der Waals surface area contributed by atoms with E-state index < -0.39 is 182 Å². The number of alkyl halides is 8. The first-order valence-electron chi connectivity index (χ1n) is 21.9. The first-order chi connectivity index (χ1) is 35.6. The Morgan fingerprint density at radius 2 is 1.66 bits per heavy atom. The second-order valence-corrected chi connectivity index (χ2v) is 20.9. The molecular weight excluding hydrogens is 1110 g/mol. The quantitative estimate of drug-likeness (QED) is 0.0295. The van der Waals surface area contributed by atoms with Gasteiger partial charge in [0.1, 0.15) is 70.8 Å². The number of pyridine rings is 1. The molecule has 2 aromatic carbocycles. The Kier molecular flexibility index (Phi) is 19.0. The lowest BCUT2D eigenvalue weighted by molar-refractivity contribution is -0.164. The molecule has 2 heterocycles. The Balaban J connectivity index is 1.81. The highest BCUT2D eigenvalue weighted by molar-refractivity contribution is 7.86. The molecule has 0 bridgehead atoms. The second kappa shape index (κ2) is 24.0. The molecule has 4 unspecified atom stereocenters. The Morgan fingerprint density at radius 3 is 2.23 bits per heavy atom. The van der Waals surface area contributed by atoms with Gasteiger partial charge in [-0.3, -0.25) is 23.5 Å². The number of allylic oxidation sites excluding steroid dienone is 2. The molecule has 416 valence electrons. The number of carboxylic acids is 1.